The summed E-state index contributed by atoms with van der Waals surface area (Å²) in [6, 6.07) is 39.6. The van der Waals surface area contributed by atoms with Gasteiger partial charge < -0.3 is 19.3 Å². The third kappa shape index (κ3) is 6.80. The maximum Gasteiger partial charge on any atom is 0.410 e. The number of likely N-dealkylation sites (tertiary alicyclic amines) is 1. The molecule has 2 aliphatic heterocycles. The summed E-state index contributed by atoms with van der Waals surface area (Å²) in [4.78, 5) is 34.3. The fourth-order valence-corrected chi connectivity index (χ4v) is 8.37. The molecule has 0 aliphatic carbocycles. The highest BCUT2D eigenvalue weighted by Gasteiger charge is 2.45. The normalized spacial score (nSPS) is 17.5. The van der Waals surface area contributed by atoms with Crippen molar-refractivity contribution in [1.29, 1.82) is 0 Å². The molecule has 4 aromatic carbocycles. The topological polar surface area (TPSA) is 71.4 Å². The second-order valence-corrected chi connectivity index (χ2v) is 13.1. The van der Waals surface area contributed by atoms with Crippen LogP contribution in [0.1, 0.15) is 34.7 Å². The predicted octanol–water partition coefficient (Wildman–Crippen LogP) is 7.80. The second-order valence-electron chi connectivity index (χ2n) is 11.6. The van der Waals surface area contributed by atoms with Gasteiger partial charge in [0.25, 0.3) is 0 Å². The van der Waals surface area contributed by atoms with Crippen molar-refractivity contribution < 1.29 is 19.1 Å². The van der Waals surface area contributed by atoms with Gasteiger partial charge in [0.1, 0.15) is 13.2 Å². The third-order valence-electron chi connectivity index (χ3n) is 8.65. The van der Waals surface area contributed by atoms with Gasteiger partial charge in [-0.25, -0.2) is 9.59 Å². The van der Waals surface area contributed by atoms with Crippen LogP contribution in [0.5, 0.6) is 0 Å². The first-order valence-corrected chi connectivity index (χ1v) is 17.0. The molecule has 0 radical (unpaired) electrons. The van der Waals surface area contributed by atoms with Crippen molar-refractivity contribution in [3.05, 3.63) is 163 Å². The standard InChI is InChI=1S/C40H39N3O4S/c1-3-26-46-38(44)37-41-24-25-42(37)34-22-20-30(21-23-34)36-28-35(29-43(36)39(45)47-27-4-2)48-40(31-14-8-5-9-15-31,32-16-10-6-11-17-32)33-18-12-7-13-19-33/h3-23,35-36H,1-2,24-29H2/t35-,36+/m0/s1. The molecule has 1 fully saturated rings. The number of aliphatic imine (C=N–C) groups is 1. The molecule has 2 atom stereocenters. The first-order chi connectivity index (χ1) is 23.5. The number of anilines is 1. The van der Waals surface area contributed by atoms with Crippen LogP contribution >= 0.6 is 11.8 Å². The number of hydrogen-bond acceptors (Lipinski definition) is 7. The quantitative estimate of drug-likeness (QED) is 0.0880. The summed E-state index contributed by atoms with van der Waals surface area (Å²) < 4.78 is 10.4. The minimum absolute atomic E-state index is 0.0727. The van der Waals surface area contributed by atoms with Crippen molar-refractivity contribution in [1.82, 2.24) is 4.90 Å². The van der Waals surface area contributed by atoms with Gasteiger partial charge in [-0.2, -0.15) is 0 Å². The van der Waals surface area contributed by atoms with E-state index in [2.05, 4.69) is 90.9 Å². The van der Waals surface area contributed by atoms with E-state index in [0.717, 1.165) is 17.7 Å². The SMILES string of the molecule is C=CCOC(=O)C1=NCCN1c1ccc([C@H]2C[C@H](SC(c3ccccc3)(c3ccccc3)c3ccccc3)CN2C(=O)OCC=C)cc1. The van der Waals surface area contributed by atoms with Crippen LogP contribution in [0.4, 0.5) is 10.5 Å². The Balaban J connectivity index is 1.33. The molecule has 48 heavy (non-hydrogen) atoms. The zero-order chi connectivity index (χ0) is 33.3. The Bertz CT molecular complexity index is 1650. The highest BCUT2D eigenvalue weighted by atomic mass is 32.2. The van der Waals surface area contributed by atoms with Gasteiger partial charge in [-0.1, -0.05) is 128 Å². The highest BCUT2D eigenvalue weighted by molar-refractivity contribution is 8.01. The summed E-state index contributed by atoms with van der Waals surface area (Å²) in [6.07, 6.45) is 3.49. The third-order valence-corrected chi connectivity index (χ3v) is 10.4. The van der Waals surface area contributed by atoms with Crippen molar-refractivity contribution in [3.63, 3.8) is 0 Å². The van der Waals surface area contributed by atoms with E-state index in [1.54, 1.807) is 6.08 Å². The van der Waals surface area contributed by atoms with Gasteiger partial charge in [0, 0.05) is 24.0 Å². The molecule has 6 rings (SSSR count). The Hall–Kier alpha value is -5.08. The smallest absolute Gasteiger partial charge is 0.410 e. The lowest BCUT2D eigenvalue weighted by atomic mass is 9.84. The molecule has 4 aromatic rings. The van der Waals surface area contributed by atoms with Gasteiger partial charge in [-0.3, -0.25) is 4.99 Å². The minimum Gasteiger partial charge on any atom is -0.456 e. The monoisotopic (exact) mass is 657 g/mol. The van der Waals surface area contributed by atoms with E-state index in [0.29, 0.717) is 19.6 Å². The minimum atomic E-state index is -0.518. The number of nitrogens with zero attached hydrogens (tertiary/aromatic N) is 3. The van der Waals surface area contributed by atoms with Crippen LogP contribution in [0.15, 0.2) is 146 Å². The fraction of sp³-hybridized carbons (Fsp3) is 0.225. The number of hydrogen-bond donors (Lipinski definition) is 0. The van der Waals surface area contributed by atoms with E-state index in [1.807, 2.05) is 64.0 Å². The Morgan fingerprint density at radius 1 is 0.792 bits per heavy atom. The Morgan fingerprint density at radius 2 is 1.33 bits per heavy atom. The first kappa shape index (κ1) is 32.8. The van der Waals surface area contributed by atoms with Crippen LogP contribution < -0.4 is 4.90 Å². The lowest BCUT2D eigenvalue weighted by Crippen LogP contribution is -2.35. The van der Waals surface area contributed by atoms with E-state index >= 15 is 0 Å². The molecular formula is C40H39N3O4S. The summed E-state index contributed by atoms with van der Waals surface area (Å²) in [5, 5.41) is 0.0727. The number of thioether (sulfide) groups is 1. The van der Waals surface area contributed by atoms with E-state index < -0.39 is 10.7 Å². The van der Waals surface area contributed by atoms with E-state index in [1.165, 1.54) is 22.8 Å². The van der Waals surface area contributed by atoms with Crippen molar-refractivity contribution in [2.24, 2.45) is 4.99 Å². The van der Waals surface area contributed by atoms with Gasteiger partial charge in [0.15, 0.2) is 0 Å². The lowest BCUT2D eigenvalue weighted by molar-refractivity contribution is -0.134. The van der Waals surface area contributed by atoms with Crippen LogP contribution in [0.3, 0.4) is 0 Å². The molecule has 0 aromatic heterocycles. The van der Waals surface area contributed by atoms with Crippen LogP contribution in [0.25, 0.3) is 0 Å². The number of esters is 1. The maximum absolute atomic E-state index is 13.6. The Kier molecular flexibility index (Phi) is 10.4. The molecule has 1 saturated heterocycles. The first-order valence-electron chi connectivity index (χ1n) is 16.1. The summed E-state index contributed by atoms with van der Waals surface area (Å²) in [5.41, 5.74) is 5.36. The molecule has 8 heteroatoms. The zero-order valence-electron chi connectivity index (χ0n) is 26.8. The Morgan fingerprint density at radius 3 is 1.88 bits per heavy atom. The number of rotatable bonds is 12. The molecular weight excluding hydrogens is 619 g/mol. The van der Waals surface area contributed by atoms with E-state index in [4.69, 9.17) is 9.47 Å². The molecule has 244 valence electrons. The van der Waals surface area contributed by atoms with Crippen LogP contribution in [-0.2, 0) is 19.0 Å². The summed E-state index contributed by atoms with van der Waals surface area (Å²) in [7, 11) is 0. The molecule has 2 aliphatic rings. The van der Waals surface area contributed by atoms with E-state index in [9.17, 15) is 9.59 Å². The van der Waals surface area contributed by atoms with Crippen molar-refractivity contribution >= 4 is 35.3 Å². The number of ether oxygens (including phenoxy) is 2. The number of benzene rings is 4. The van der Waals surface area contributed by atoms with Crippen molar-refractivity contribution in [3.8, 4) is 0 Å². The molecule has 0 saturated carbocycles. The average molecular weight is 658 g/mol. The molecule has 0 bridgehead atoms. The average Bonchev–Trinajstić information content (AvgIpc) is 3.81. The number of carbonyl (C=O) groups is 2. The van der Waals surface area contributed by atoms with Gasteiger partial charge in [0.2, 0.25) is 5.84 Å². The largest absolute Gasteiger partial charge is 0.456 e. The zero-order valence-corrected chi connectivity index (χ0v) is 27.6. The molecule has 0 N–H and O–H groups in total. The second kappa shape index (κ2) is 15.2. The summed E-state index contributed by atoms with van der Waals surface area (Å²) in [5.74, 6) is -0.183. The van der Waals surface area contributed by atoms with E-state index in [-0.39, 0.29) is 36.4 Å². The molecule has 0 spiro atoms. The Labute approximate surface area is 286 Å². The predicted molar refractivity (Wildman–Crippen MR) is 193 cm³/mol. The van der Waals surface area contributed by atoms with Crippen molar-refractivity contribution in [2.45, 2.75) is 22.5 Å². The highest BCUT2D eigenvalue weighted by Crippen LogP contribution is 2.53. The van der Waals surface area contributed by atoms with Gasteiger partial charge in [0.05, 0.1) is 17.3 Å². The lowest BCUT2D eigenvalue weighted by Gasteiger charge is -2.37. The summed E-state index contributed by atoms with van der Waals surface area (Å²) in [6.45, 7) is 9.22. The molecule has 2 heterocycles. The summed E-state index contributed by atoms with van der Waals surface area (Å²) >= 11 is 1.88. The number of amides is 1. The van der Waals surface area contributed by atoms with Crippen LogP contribution in [0.2, 0.25) is 0 Å². The molecule has 0 unspecified atom stereocenters. The van der Waals surface area contributed by atoms with Crippen LogP contribution in [0, 0.1) is 0 Å². The van der Waals surface area contributed by atoms with Gasteiger partial charge in [-0.05, 0) is 40.8 Å². The van der Waals surface area contributed by atoms with Crippen molar-refractivity contribution in [2.75, 3.05) is 37.7 Å². The maximum atomic E-state index is 13.6. The number of amidine groups is 1. The number of carbonyl (C=O) groups excluding carboxylic acids is 2. The van der Waals surface area contributed by atoms with Gasteiger partial charge >= 0.3 is 12.1 Å². The van der Waals surface area contributed by atoms with Crippen LogP contribution in [-0.4, -0.2) is 60.9 Å². The van der Waals surface area contributed by atoms with Gasteiger partial charge in [-0.15, -0.1) is 11.8 Å². The fourth-order valence-electron chi connectivity index (χ4n) is 6.54. The molecule has 1 amide bonds. The molecule has 7 nitrogen and oxygen atoms in total.